The average Bonchev–Trinajstić information content (AvgIpc) is 2.96. The minimum absolute atomic E-state index is 0.0797. The molecule has 2 rings (SSSR count). The molecule has 0 radical (unpaired) electrons. The second kappa shape index (κ2) is 5.20. The van der Waals surface area contributed by atoms with Crippen LogP contribution in [0.1, 0.15) is 28.1 Å². The van der Waals surface area contributed by atoms with Crippen LogP contribution in [0, 0.1) is 0 Å². The number of aryl methyl sites for hydroxylation is 1. The highest BCUT2D eigenvalue weighted by Gasteiger charge is 2.16. The largest absolute Gasteiger partial charge is 0.330 e. The third kappa shape index (κ3) is 2.42. The highest BCUT2D eigenvalue weighted by Crippen LogP contribution is 2.14. The van der Waals surface area contributed by atoms with Crippen molar-refractivity contribution in [2.75, 3.05) is 6.54 Å². The Balaban J connectivity index is 2.24. The molecule has 0 fully saturated rings. The number of carbonyl (C=O) groups excluding carboxylic acids is 1. The molecule has 0 saturated carbocycles. The van der Waals surface area contributed by atoms with Crippen LogP contribution < -0.4 is 5.73 Å². The molecule has 0 aliphatic rings. The predicted octanol–water partition coefficient (Wildman–Crippen LogP) is 1.09. The maximum atomic E-state index is 12.2. The molecule has 0 spiro atoms. The summed E-state index contributed by atoms with van der Waals surface area (Å²) in [5, 5.41) is 6.76. The summed E-state index contributed by atoms with van der Waals surface area (Å²) in [6.07, 6.45) is 2.34. The van der Waals surface area contributed by atoms with Gasteiger partial charge in [-0.15, -0.1) is 11.3 Å². The van der Waals surface area contributed by atoms with Crippen LogP contribution in [0.15, 0.2) is 17.6 Å². The first-order valence-corrected chi connectivity index (χ1v) is 6.35. The Bertz CT molecular complexity index is 517. The van der Waals surface area contributed by atoms with Gasteiger partial charge in [-0.05, 0) is 19.5 Å². The lowest BCUT2D eigenvalue weighted by Gasteiger charge is -2.00. The number of carbonyl (C=O) groups is 1. The van der Waals surface area contributed by atoms with Crippen LogP contribution in [0.3, 0.4) is 0 Å². The summed E-state index contributed by atoms with van der Waals surface area (Å²) in [4.78, 5) is 16.4. The van der Waals surface area contributed by atoms with E-state index in [2.05, 4.69) is 10.1 Å². The van der Waals surface area contributed by atoms with Crippen LogP contribution >= 0.6 is 11.3 Å². The number of ketones is 1. The SMILES string of the molecule is CCn1nccc1C(=O)c1csc(CCN)n1. The second-order valence-electron chi connectivity index (χ2n) is 3.53. The zero-order chi connectivity index (χ0) is 12.3. The first kappa shape index (κ1) is 11.9. The minimum atomic E-state index is -0.0797. The van der Waals surface area contributed by atoms with Gasteiger partial charge >= 0.3 is 0 Å². The summed E-state index contributed by atoms with van der Waals surface area (Å²) >= 11 is 1.47. The number of rotatable bonds is 5. The summed E-state index contributed by atoms with van der Waals surface area (Å²) in [6.45, 7) is 3.17. The first-order chi connectivity index (χ1) is 8.26. The number of aromatic nitrogens is 3. The molecule has 0 saturated heterocycles. The van der Waals surface area contributed by atoms with Gasteiger partial charge in [0, 0.05) is 24.5 Å². The van der Waals surface area contributed by atoms with E-state index >= 15 is 0 Å². The summed E-state index contributed by atoms with van der Waals surface area (Å²) in [5.74, 6) is -0.0797. The molecule has 6 heteroatoms. The van der Waals surface area contributed by atoms with E-state index in [0.29, 0.717) is 30.9 Å². The highest BCUT2D eigenvalue weighted by atomic mass is 32.1. The van der Waals surface area contributed by atoms with Crippen LogP contribution in [0.2, 0.25) is 0 Å². The van der Waals surface area contributed by atoms with Gasteiger partial charge < -0.3 is 5.73 Å². The average molecular weight is 250 g/mol. The van der Waals surface area contributed by atoms with Crippen molar-refractivity contribution in [1.29, 1.82) is 0 Å². The Hall–Kier alpha value is -1.53. The standard InChI is InChI=1S/C11H14N4OS/c1-2-15-9(4-6-13-15)11(16)8-7-17-10(14-8)3-5-12/h4,6-7H,2-3,5,12H2,1H3. The van der Waals surface area contributed by atoms with E-state index in [1.54, 1.807) is 22.3 Å². The molecule has 0 aliphatic heterocycles. The number of thiazole rings is 1. The molecule has 0 bridgehead atoms. The van der Waals surface area contributed by atoms with E-state index in [1.807, 2.05) is 6.92 Å². The van der Waals surface area contributed by atoms with Crippen molar-refractivity contribution >= 4 is 17.1 Å². The van der Waals surface area contributed by atoms with Gasteiger partial charge in [0.1, 0.15) is 11.4 Å². The van der Waals surface area contributed by atoms with Gasteiger partial charge in [-0.25, -0.2) is 4.98 Å². The van der Waals surface area contributed by atoms with E-state index in [9.17, 15) is 4.79 Å². The van der Waals surface area contributed by atoms with Gasteiger partial charge in [-0.1, -0.05) is 0 Å². The zero-order valence-corrected chi connectivity index (χ0v) is 10.4. The molecule has 2 heterocycles. The van der Waals surface area contributed by atoms with Gasteiger partial charge in [-0.2, -0.15) is 5.10 Å². The fourth-order valence-electron chi connectivity index (χ4n) is 1.56. The molecule has 2 aromatic heterocycles. The third-order valence-corrected chi connectivity index (χ3v) is 3.30. The Labute approximate surface area is 103 Å². The Morgan fingerprint density at radius 1 is 1.59 bits per heavy atom. The summed E-state index contributed by atoms with van der Waals surface area (Å²) in [6, 6.07) is 1.72. The molecule has 17 heavy (non-hydrogen) atoms. The molecule has 0 aromatic carbocycles. The molecular weight excluding hydrogens is 236 g/mol. The molecular formula is C11H14N4OS. The van der Waals surface area contributed by atoms with Crippen molar-refractivity contribution in [3.8, 4) is 0 Å². The zero-order valence-electron chi connectivity index (χ0n) is 9.59. The number of nitrogens with two attached hydrogens (primary N) is 1. The molecule has 0 unspecified atom stereocenters. The fourth-order valence-corrected chi connectivity index (χ4v) is 2.36. The van der Waals surface area contributed by atoms with Crippen molar-refractivity contribution in [2.45, 2.75) is 19.9 Å². The van der Waals surface area contributed by atoms with Crippen molar-refractivity contribution in [1.82, 2.24) is 14.8 Å². The smallest absolute Gasteiger partial charge is 0.230 e. The normalized spacial score (nSPS) is 10.7. The van der Waals surface area contributed by atoms with Crippen LogP contribution in [-0.2, 0) is 13.0 Å². The van der Waals surface area contributed by atoms with Crippen LogP contribution in [0.25, 0.3) is 0 Å². The maximum Gasteiger partial charge on any atom is 0.230 e. The fraction of sp³-hybridized carbons (Fsp3) is 0.364. The molecule has 0 amide bonds. The van der Waals surface area contributed by atoms with E-state index in [0.717, 1.165) is 5.01 Å². The number of hydrogen-bond acceptors (Lipinski definition) is 5. The lowest BCUT2D eigenvalue weighted by molar-refractivity contribution is 0.102. The summed E-state index contributed by atoms with van der Waals surface area (Å²) in [7, 11) is 0. The number of nitrogens with zero attached hydrogens (tertiary/aromatic N) is 3. The Morgan fingerprint density at radius 2 is 2.41 bits per heavy atom. The van der Waals surface area contributed by atoms with Gasteiger partial charge in [0.05, 0.1) is 5.01 Å². The van der Waals surface area contributed by atoms with E-state index < -0.39 is 0 Å². The molecule has 2 N–H and O–H groups in total. The monoisotopic (exact) mass is 250 g/mol. The molecule has 5 nitrogen and oxygen atoms in total. The van der Waals surface area contributed by atoms with Crippen LogP contribution in [0.5, 0.6) is 0 Å². The minimum Gasteiger partial charge on any atom is -0.330 e. The second-order valence-corrected chi connectivity index (χ2v) is 4.47. The lowest BCUT2D eigenvalue weighted by Crippen LogP contribution is -2.11. The van der Waals surface area contributed by atoms with Crippen LogP contribution in [0.4, 0.5) is 0 Å². The molecule has 90 valence electrons. The van der Waals surface area contributed by atoms with E-state index in [-0.39, 0.29) is 5.78 Å². The molecule has 0 atom stereocenters. The topological polar surface area (TPSA) is 73.8 Å². The molecule has 0 aliphatic carbocycles. The number of hydrogen-bond donors (Lipinski definition) is 1. The van der Waals surface area contributed by atoms with Crippen molar-refractivity contribution in [3.05, 3.63) is 34.0 Å². The highest BCUT2D eigenvalue weighted by molar-refractivity contribution is 7.09. The van der Waals surface area contributed by atoms with E-state index in [1.165, 1.54) is 11.3 Å². The van der Waals surface area contributed by atoms with Gasteiger partial charge in [-0.3, -0.25) is 9.48 Å². The lowest BCUT2D eigenvalue weighted by atomic mass is 10.2. The maximum absolute atomic E-state index is 12.2. The Morgan fingerprint density at radius 3 is 3.12 bits per heavy atom. The van der Waals surface area contributed by atoms with Gasteiger partial charge in [0.25, 0.3) is 0 Å². The first-order valence-electron chi connectivity index (χ1n) is 5.47. The van der Waals surface area contributed by atoms with Crippen molar-refractivity contribution in [3.63, 3.8) is 0 Å². The third-order valence-electron chi connectivity index (χ3n) is 2.39. The summed E-state index contributed by atoms with van der Waals surface area (Å²) < 4.78 is 1.67. The molecule has 2 aromatic rings. The van der Waals surface area contributed by atoms with Crippen molar-refractivity contribution < 1.29 is 4.79 Å². The predicted molar refractivity (Wildman–Crippen MR) is 66.2 cm³/mol. The van der Waals surface area contributed by atoms with Gasteiger partial charge in [0.2, 0.25) is 5.78 Å². The quantitative estimate of drug-likeness (QED) is 0.806. The van der Waals surface area contributed by atoms with Crippen molar-refractivity contribution in [2.24, 2.45) is 5.73 Å². The van der Waals surface area contributed by atoms with E-state index in [4.69, 9.17) is 5.73 Å². The Kier molecular flexibility index (Phi) is 3.65. The summed E-state index contributed by atoms with van der Waals surface area (Å²) in [5.41, 5.74) is 6.51. The van der Waals surface area contributed by atoms with Gasteiger partial charge in [0.15, 0.2) is 0 Å². The van der Waals surface area contributed by atoms with Crippen LogP contribution in [-0.4, -0.2) is 27.1 Å².